The molecule has 2 atom stereocenters. The molecule has 58 heavy (non-hydrogen) atoms. The molecule has 10 rings (SSSR count). The maximum atomic E-state index is 12.9. The van der Waals surface area contributed by atoms with Crippen LogP contribution in [0.2, 0.25) is 0 Å². The van der Waals surface area contributed by atoms with E-state index in [1.54, 1.807) is 23.6 Å². The summed E-state index contributed by atoms with van der Waals surface area (Å²) in [5, 5.41) is 17.2. The fraction of sp³-hybridized carbons (Fsp3) is 0.500. The van der Waals surface area contributed by atoms with Crippen LogP contribution in [0.25, 0.3) is 22.3 Å². The van der Waals surface area contributed by atoms with Gasteiger partial charge in [0, 0.05) is 55.6 Å². The molecule has 0 saturated carbocycles. The summed E-state index contributed by atoms with van der Waals surface area (Å²) >= 11 is 0. The zero-order valence-corrected chi connectivity index (χ0v) is 33.4. The topological polar surface area (TPSA) is 163 Å². The van der Waals surface area contributed by atoms with Crippen molar-refractivity contribution in [3.63, 3.8) is 0 Å². The molecule has 0 radical (unpaired) electrons. The summed E-state index contributed by atoms with van der Waals surface area (Å²) in [6, 6.07) is 12.9. The van der Waals surface area contributed by atoms with Gasteiger partial charge < -0.3 is 38.6 Å². The van der Waals surface area contributed by atoms with Gasteiger partial charge in [0.05, 0.1) is 94.7 Å². The number of carbonyl (C=O) groups excluding carboxylic acids is 3. The number of aliphatic hydroxyl groups is 1. The van der Waals surface area contributed by atoms with E-state index in [-0.39, 0.29) is 42.1 Å². The highest BCUT2D eigenvalue weighted by atomic mass is 16.6. The molecule has 6 aliphatic heterocycles. The Kier molecular flexibility index (Phi) is 11.6. The number of fused-ring (bicyclic) bond motifs is 2. The molecule has 3 amide bonds. The van der Waals surface area contributed by atoms with Crippen molar-refractivity contribution in [1.82, 2.24) is 19.6 Å². The second kappa shape index (κ2) is 17.0. The lowest BCUT2D eigenvalue weighted by molar-refractivity contribution is -0.117. The number of carbonyl (C=O) groups is 3. The van der Waals surface area contributed by atoms with Gasteiger partial charge in [-0.15, -0.1) is 0 Å². The molecule has 1 N–H and O–H groups in total. The Labute approximate surface area is 337 Å². The van der Waals surface area contributed by atoms with E-state index < -0.39 is 6.09 Å². The third kappa shape index (κ3) is 8.25. The van der Waals surface area contributed by atoms with E-state index in [2.05, 4.69) is 46.3 Å². The number of aryl methyl sites for hydroxylation is 1. The first-order chi connectivity index (χ1) is 28.0. The molecule has 2 aromatic carbocycles. The maximum absolute atomic E-state index is 12.9. The average Bonchev–Trinajstić information content (AvgIpc) is 3.81. The molecule has 6 aliphatic rings. The SMILES string of the molecule is CC(=O)N1c2ccc(-c3cnn(C4COC4)c3)cc2CC[C@@H]1C.CC(=O)N1c2ccc(-c3cnn(C4COC4)c3)cc2N(C(=O)OC2COC2)C[C@@H]1C.OC1COC1. The minimum atomic E-state index is -0.418. The fourth-order valence-corrected chi connectivity index (χ4v) is 7.71. The van der Waals surface area contributed by atoms with Gasteiger partial charge in [-0.1, -0.05) is 12.1 Å². The highest BCUT2D eigenvalue weighted by Crippen LogP contribution is 2.40. The quantitative estimate of drug-likeness (QED) is 0.305. The molecular weight excluding hydrogens is 747 g/mol. The predicted molar refractivity (Wildman–Crippen MR) is 214 cm³/mol. The third-order valence-electron chi connectivity index (χ3n) is 11.3. The number of ether oxygens (including phenoxy) is 5. The van der Waals surface area contributed by atoms with Crippen LogP contribution in [0.1, 0.15) is 51.8 Å². The van der Waals surface area contributed by atoms with Crippen molar-refractivity contribution in [2.45, 2.75) is 76.9 Å². The summed E-state index contributed by atoms with van der Waals surface area (Å²) in [7, 11) is 0. The Hall–Kier alpha value is -5.13. The number of hydrogen-bond acceptors (Lipinski definition) is 11. The van der Waals surface area contributed by atoms with E-state index in [4.69, 9.17) is 24.1 Å². The van der Waals surface area contributed by atoms with Gasteiger partial charge in [0.2, 0.25) is 11.8 Å². The number of benzene rings is 2. The number of aliphatic hydroxyl groups excluding tert-OH is 1. The highest BCUT2D eigenvalue weighted by Gasteiger charge is 2.36. The van der Waals surface area contributed by atoms with Gasteiger partial charge in [-0.05, 0) is 67.6 Å². The summed E-state index contributed by atoms with van der Waals surface area (Å²) in [6.07, 6.45) is 9.02. The Bertz CT molecular complexity index is 2120. The zero-order chi connectivity index (χ0) is 40.5. The maximum Gasteiger partial charge on any atom is 0.414 e. The lowest BCUT2D eigenvalue weighted by Gasteiger charge is -2.41. The Morgan fingerprint density at radius 3 is 1.67 bits per heavy atom. The van der Waals surface area contributed by atoms with Gasteiger partial charge in [-0.2, -0.15) is 10.2 Å². The second-order valence-electron chi connectivity index (χ2n) is 15.7. The van der Waals surface area contributed by atoms with Crippen LogP contribution >= 0.6 is 0 Å². The molecule has 4 fully saturated rings. The molecule has 16 nitrogen and oxygen atoms in total. The molecule has 16 heteroatoms. The summed E-state index contributed by atoms with van der Waals surface area (Å²) in [6.45, 7) is 12.3. The van der Waals surface area contributed by atoms with Crippen molar-refractivity contribution in [2.75, 3.05) is 74.1 Å². The Balaban J connectivity index is 0.000000148. The number of nitrogens with zero attached hydrogens (tertiary/aromatic N) is 7. The lowest BCUT2D eigenvalue weighted by Crippen LogP contribution is -2.53. The molecule has 0 unspecified atom stereocenters. The predicted octanol–water partition coefficient (Wildman–Crippen LogP) is 4.40. The van der Waals surface area contributed by atoms with Crippen LogP contribution in [0.5, 0.6) is 0 Å². The van der Waals surface area contributed by atoms with Crippen molar-refractivity contribution >= 4 is 35.0 Å². The van der Waals surface area contributed by atoms with Gasteiger partial charge in [0.15, 0.2) is 6.10 Å². The van der Waals surface area contributed by atoms with Gasteiger partial charge in [0.25, 0.3) is 0 Å². The average molecular weight is 798 g/mol. The summed E-state index contributed by atoms with van der Waals surface area (Å²) in [4.78, 5) is 42.4. The Morgan fingerprint density at radius 1 is 0.672 bits per heavy atom. The molecule has 0 bridgehead atoms. The number of rotatable bonds is 5. The van der Waals surface area contributed by atoms with E-state index in [1.165, 1.54) is 5.56 Å². The lowest BCUT2D eigenvalue weighted by atomic mass is 9.94. The van der Waals surface area contributed by atoms with Crippen LogP contribution in [0.4, 0.5) is 21.9 Å². The molecule has 4 saturated heterocycles. The first-order valence-corrected chi connectivity index (χ1v) is 20.0. The number of aromatic nitrogens is 4. The molecular formula is C42H51N7O9. The number of amides is 3. The third-order valence-corrected chi connectivity index (χ3v) is 11.3. The monoisotopic (exact) mass is 797 g/mol. The van der Waals surface area contributed by atoms with E-state index in [0.29, 0.717) is 63.6 Å². The minimum Gasteiger partial charge on any atom is -0.441 e. The van der Waals surface area contributed by atoms with Crippen LogP contribution in [-0.4, -0.2) is 126 Å². The van der Waals surface area contributed by atoms with Crippen LogP contribution in [0.3, 0.4) is 0 Å². The van der Waals surface area contributed by atoms with Gasteiger partial charge in [-0.25, -0.2) is 4.79 Å². The number of hydrogen-bond donors (Lipinski definition) is 1. The standard InChI is InChI=1S/C21H24N4O5.C18H21N3O2.C3H6O2/c1-13-7-23(21(27)30-18-11-29-12-18)20-5-15(3-4-19(20)25(13)14(2)26)16-6-22-24(8-16)17-9-28-10-17;1-12-3-4-15-7-14(5-6-18(15)21(12)13(2)22)16-8-19-20(9-16)17-10-23-11-17;4-3-1-5-2-3/h3-6,8,13,17-18H,7,9-12H2,1-2H3;5-9,12,17H,3-4,10-11H2,1-2H3;3-4H,1-2H2/t13-;12-;/m00./s1. The van der Waals surface area contributed by atoms with E-state index in [0.717, 1.165) is 54.0 Å². The largest absolute Gasteiger partial charge is 0.441 e. The first-order valence-electron chi connectivity index (χ1n) is 20.0. The molecule has 0 spiro atoms. The van der Waals surface area contributed by atoms with Crippen molar-refractivity contribution in [1.29, 1.82) is 0 Å². The fourth-order valence-electron chi connectivity index (χ4n) is 7.71. The van der Waals surface area contributed by atoms with Crippen LogP contribution in [0, 0.1) is 0 Å². The second-order valence-corrected chi connectivity index (χ2v) is 15.7. The van der Waals surface area contributed by atoms with E-state index in [1.807, 2.05) is 58.0 Å². The zero-order valence-electron chi connectivity index (χ0n) is 33.4. The van der Waals surface area contributed by atoms with Gasteiger partial charge in [-0.3, -0.25) is 23.9 Å². The normalized spacial score (nSPS) is 21.7. The highest BCUT2D eigenvalue weighted by molar-refractivity contribution is 6.03. The van der Waals surface area contributed by atoms with Crippen molar-refractivity contribution in [3.8, 4) is 22.3 Å². The molecule has 308 valence electrons. The number of anilines is 3. The van der Waals surface area contributed by atoms with Crippen molar-refractivity contribution in [2.24, 2.45) is 0 Å². The van der Waals surface area contributed by atoms with Crippen LogP contribution in [0.15, 0.2) is 61.2 Å². The van der Waals surface area contributed by atoms with Crippen LogP contribution in [-0.2, 0) is 39.7 Å². The molecule has 4 aromatic rings. The molecule has 8 heterocycles. The summed E-state index contributed by atoms with van der Waals surface area (Å²) in [5.41, 5.74) is 7.80. The molecule has 2 aromatic heterocycles. The Morgan fingerprint density at radius 2 is 1.19 bits per heavy atom. The van der Waals surface area contributed by atoms with Crippen molar-refractivity contribution < 1.29 is 43.2 Å². The first kappa shape index (κ1) is 39.7. The van der Waals surface area contributed by atoms with Crippen LogP contribution < -0.4 is 14.7 Å². The molecule has 0 aliphatic carbocycles. The smallest absolute Gasteiger partial charge is 0.414 e. The van der Waals surface area contributed by atoms with Gasteiger partial charge >= 0.3 is 6.09 Å². The minimum absolute atomic E-state index is 0.0605. The van der Waals surface area contributed by atoms with Gasteiger partial charge in [0.1, 0.15) is 6.10 Å². The van der Waals surface area contributed by atoms with Crippen molar-refractivity contribution in [3.05, 3.63) is 66.7 Å². The van der Waals surface area contributed by atoms with E-state index >= 15 is 0 Å². The summed E-state index contributed by atoms with van der Waals surface area (Å²) < 4.78 is 29.6. The van der Waals surface area contributed by atoms with E-state index in [9.17, 15) is 14.4 Å². The summed E-state index contributed by atoms with van der Waals surface area (Å²) in [5.74, 6) is 0.0544.